The average Bonchev–Trinajstić information content (AvgIpc) is 2.48. The third kappa shape index (κ3) is 4.95. The fraction of sp³-hybridized carbons (Fsp3) is 0.353. The number of carbonyl (C=O) groups excluding carboxylic acids is 1. The predicted molar refractivity (Wildman–Crippen MR) is 94.1 cm³/mol. The van der Waals surface area contributed by atoms with Crippen LogP contribution in [0.5, 0.6) is 0 Å². The van der Waals surface area contributed by atoms with E-state index in [1.165, 1.54) is 5.56 Å². The molecule has 0 aliphatic heterocycles. The monoisotopic (exact) mass is 313 g/mol. The van der Waals surface area contributed by atoms with Gasteiger partial charge in [0.2, 0.25) is 5.95 Å². The number of urea groups is 1. The average molecular weight is 313 g/mol. The molecule has 0 bridgehead atoms. The van der Waals surface area contributed by atoms with Crippen molar-refractivity contribution in [2.75, 3.05) is 22.5 Å². The number of nitrogens with zero attached hydrogens (tertiary/aromatic N) is 2. The maximum absolute atomic E-state index is 12.1. The van der Waals surface area contributed by atoms with Crippen LogP contribution in [0.15, 0.2) is 24.3 Å². The summed E-state index contributed by atoms with van der Waals surface area (Å²) in [6.07, 6.45) is 0.999. The number of nitrogens with one attached hydrogen (secondary N) is 3. The predicted octanol–water partition coefficient (Wildman–Crippen LogP) is 3.87. The number of amides is 2. The summed E-state index contributed by atoms with van der Waals surface area (Å²) in [6, 6.07) is 7.26. The highest BCUT2D eigenvalue weighted by atomic mass is 16.2. The van der Waals surface area contributed by atoms with Crippen LogP contribution in [0.2, 0.25) is 0 Å². The van der Waals surface area contributed by atoms with Crippen LogP contribution in [0.3, 0.4) is 0 Å². The topological polar surface area (TPSA) is 78.9 Å². The summed E-state index contributed by atoms with van der Waals surface area (Å²) < 4.78 is 0. The maximum Gasteiger partial charge on any atom is 0.326 e. The minimum Gasteiger partial charge on any atom is -0.370 e. The van der Waals surface area contributed by atoms with E-state index in [9.17, 15) is 4.79 Å². The van der Waals surface area contributed by atoms with Crippen molar-refractivity contribution < 1.29 is 4.79 Å². The van der Waals surface area contributed by atoms with Crippen molar-refractivity contribution in [2.24, 2.45) is 0 Å². The lowest BCUT2D eigenvalue weighted by Gasteiger charge is -2.10. The minimum atomic E-state index is -0.361. The molecule has 0 radical (unpaired) electrons. The second-order valence-corrected chi connectivity index (χ2v) is 5.52. The Morgan fingerprint density at radius 3 is 2.52 bits per heavy atom. The van der Waals surface area contributed by atoms with E-state index >= 15 is 0 Å². The quantitative estimate of drug-likeness (QED) is 0.783. The van der Waals surface area contributed by atoms with E-state index in [1.54, 1.807) is 0 Å². The van der Waals surface area contributed by atoms with E-state index < -0.39 is 0 Å². The van der Waals surface area contributed by atoms with E-state index in [4.69, 9.17) is 0 Å². The van der Waals surface area contributed by atoms with E-state index in [2.05, 4.69) is 32.8 Å². The zero-order valence-corrected chi connectivity index (χ0v) is 14.0. The van der Waals surface area contributed by atoms with Gasteiger partial charge in [-0.1, -0.05) is 13.0 Å². The Balaban J connectivity index is 2.04. The minimum absolute atomic E-state index is 0.282. The molecule has 0 aliphatic carbocycles. The second-order valence-electron chi connectivity index (χ2n) is 5.52. The molecule has 2 amide bonds. The highest BCUT2D eigenvalue weighted by molar-refractivity contribution is 5.98. The van der Waals surface area contributed by atoms with Crippen molar-refractivity contribution in [2.45, 2.75) is 34.1 Å². The Morgan fingerprint density at radius 2 is 1.83 bits per heavy atom. The molecule has 0 spiro atoms. The van der Waals surface area contributed by atoms with Gasteiger partial charge in [0.05, 0.1) is 0 Å². The van der Waals surface area contributed by atoms with Crippen molar-refractivity contribution in [1.29, 1.82) is 0 Å². The lowest BCUT2D eigenvalue weighted by atomic mass is 10.1. The number of aryl methyl sites for hydroxylation is 3. The molecule has 1 aromatic heterocycles. The largest absolute Gasteiger partial charge is 0.370 e. The Hall–Kier alpha value is -2.63. The number of hydrogen-bond acceptors (Lipinski definition) is 4. The zero-order valence-electron chi connectivity index (χ0n) is 14.0. The van der Waals surface area contributed by atoms with Gasteiger partial charge in [-0.3, -0.25) is 5.32 Å². The third-order valence-electron chi connectivity index (χ3n) is 3.40. The molecule has 1 aromatic carbocycles. The summed E-state index contributed by atoms with van der Waals surface area (Å²) in [4.78, 5) is 20.6. The van der Waals surface area contributed by atoms with Gasteiger partial charge in [0.1, 0.15) is 5.82 Å². The molecule has 0 unspecified atom stereocenters. The van der Waals surface area contributed by atoms with Crippen molar-refractivity contribution in [3.05, 3.63) is 41.1 Å². The summed E-state index contributed by atoms with van der Waals surface area (Å²) in [5.74, 6) is 0.991. The van der Waals surface area contributed by atoms with E-state index in [-0.39, 0.29) is 12.0 Å². The number of carbonyl (C=O) groups is 1. The van der Waals surface area contributed by atoms with E-state index in [1.807, 2.05) is 45.0 Å². The van der Waals surface area contributed by atoms with Crippen molar-refractivity contribution in [1.82, 2.24) is 9.97 Å². The van der Waals surface area contributed by atoms with E-state index in [0.717, 1.165) is 29.9 Å². The van der Waals surface area contributed by atoms with Crippen LogP contribution in [-0.4, -0.2) is 22.5 Å². The summed E-state index contributed by atoms with van der Waals surface area (Å²) in [7, 11) is 0. The van der Waals surface area contributed by atoms with Crippen molar-refractivity contribution in [3.63, 3.8) is 0 Å². The smallest absolute Gasteiger partial charge is 0.326 e. The van der Waals surface area contributed by atoms with Crippen molar-refractivity contribution >= 4 is 23.5 Å². The number of hydrogen-bond donors (Lipinski definition) is 3. The molecule has 0 fully saturated rings. The standard InChI is InChI=1S/C17H23N5O/c1-5-8-18-15-10-13(4)19-16(21-15)22-17(23)20-14-7-6-11(2)12(3)9-14/h6-7,9-10H,5,8H2,1-4H3,(H3,18,19,20,21,22,23). The van der Waals surface area contributed by atoms with Gasteiger partial charge in [0.25, 0.3) is 0 Å². The van der Waals surface area contributed by atoms with Crippen molar-refractivity contribution in [3.8, 4) is 0 Å². The molecule has 1 heterocycles. The van der Waals surface area contributed by atoms with Crippen LogP contribution >= 0.6 is 0 Å². The summed E-state index contributed by atoms with van der Waals surface area (Å²) in [6.45, 7) is 8.81. The first-order valence-corrected chi connectivity index (χ1v) is 7.72. The molecule has 0 saturated carbocycles. The Labute approximate surface area is 136 Å². The Bertz CT molecular complexity index is 699. The molecule has 3 N–H and O–H groups in total. The number of benzene rings is 1. The third-order valence-corrected chi connectivity index (χ3v) is 3.40. The molecular weight excluding hydrogens is 290 g/mol. The normalized spacial score (nSPS) is 10.3. The molecule has 0 aliphatic rings. The SMILES string of the molecule is CCCNc1cc(C)nc(NC(=O)Nc2ccc(C)c(C)c2)n1. The van der Waals surface area contributed by atoms with Gasteiger partial charge in [0, 0.05) is 24.0 Å². The van der Waals surface area contributed by atoms with Crippen LogP contribution < -0.4 is 16.0 Å². The molecule has 2 aromatic rings. The van der Waals surface area contributed by atoms with Gasteiger partial charge in [-0.15, -0.1) is 0 Å². The van der Waals surface area contributed by atoms with E-state index in [0.29, 0.717) is 5.82 Å². The van der Waals surface area contributed by atoms with Crippen LogP contribution in [-0.2, 0) is 0 Å². The van der Waals surface area contributed by atoms with Crippen LogP contribution in [0, 0.1) is 20.8 Å². The highest BCUT2D eigenvalue weighted by Gasteiger charge is 2.07. The van der Waals surface area contributed by atoms with Gasteiger partial charge in [-0.2, -0.15) is 4.98 Å². The summed E-state index contributed by atoms with van der Waals surface area (Å²) >= 11 is 0. The highest BCUT2D eigenvalue weighted by Crippen LogP contribution is 2.15. The molecule has 6 heteroatoms. The number of anilines is 3. The van der Waals surface area contributed by atoms with Gasteiger partial charge in [-0.25, -0.2) is 9.78 Å². The van der Waals surface area contributed by atoms with Crippen LogP contribution in [0.1, 0.15) is 30.2 Å². The second kappa shape index (κ2) is 7.58. The summed E-state index contributed by atoms with van der Waals surface area (Å²) in [5, 5.41) is 8.65. The molecule has 6 nitrogen and oxygen atoms in total. The first-order valence-electron chi connectivity index (χ1n) is 7.72. The zero-order chi connectivity index (χ0) is 16.8. The molecule has 23 heavy (non-hydrogen) atoms. The first kappa shape index (κ1) is 16.7. The van der Waals surface area contributed by atoms with Gasteiger partial charge in [-0.05, 0) is 50.5 Å². The Kier molecular flexibility index (Phi) is 5.51. The lowest BCUT2D eigenvalue weighted by molar-refractivity contribution is 0.262. The first-order chi connectivity index (χ1) is 11.0. The fourth-order valence-electron chi connectivity index (χ4n) is 2.05. The summed E-state index contributed by atoms with van der Waals surface area (Å²) in [5.41, 5.74) is 3.84. The maximum atomic E-state index is 12.1. The Morgan fingerprint density at radius 1 is 1.04 bits per heavy atom. The molecular formula is C17H23N5O. The van der Waals surface area contributed by atoms with Gasteiger partial charge >= 0.3 is 6.03 Å². The fourth-order valence-corrected chi connectivity index (χ4v) is 2.05. The molecule has 0 atom stereocenters. The van der Waals surface area contributed by atoms with Crippen LogP contribution in [0.4, 0.5) is 22.2 Å². The number of rotatable bonds is 5. The van der Waals surface area contributed by atoms with Crippen LogP contribution in [0.25, 0.3) is 0 Å². The number of aromatic nitrogens is 2. The molecule has 122 valence electrons. The molecule has 2 rings (SSSR count). The molecule has 0 saturated heterocycles. The van der Waals surface area contributed by atoms with Gasteiger partial charge in [0.15, 0.2) is 0 Å². The lowest BCUT2D eigenvalue weighted by Crippen LogP contribution is -2.21. The van der Waals surface area contributed by atoms with Gasteiger partial charge < -0.3 is 10.6 Å².